The molecule has 0 radical (unpaired) electrons. The molecular formula is C26H37NO4. The monoisotopic (exact) mass is 427 g/mol. The van der Waals surface area contributed by atoms with Crippen molar-refractivity contribution in [3.63, 3.8) is 0 Å². The highest BCUT2D eigenvalue weighted by molar-refractivity contribution is 6.11. The second-order valence-electron chi connectivity index (χ2n) is 10.4. The highest BCUT2D eigenvalue weighted by atomic mass is 16.2. The van der Waals surface area contributed by atoms with Crippen LogP contribution >= 0.6 is 0 Å². The van der Waals surface area contributed by atoms with E-state index in [4.69, 9.17) is 0 Å². The lowest BCUT2D eigenvalue weighted by molar-refractivity contribution is -0.150. The van der Waals surface area contributed by atoms with Crippen molar-refractivity contribution in [1.29, 1.82) is 0 Å². The van der Waals surface area contributed by atoms with Gasteiger partial charge in [-0.15, -0.1) is 0 Å². The first-order chi connectivity index (χ1) is 14.6. The standard InChI is InChI=1S/C26H37NO4/c1-15(2)11-22-23-18(5)16(3)12-20-9-7-6-8-10-21(29)14-19(13-17(4)28)24(30)26(20,23)25(31)27-22/h7,9,12,15,18-20,22-23H,6,8,10-11,13-14H2,1-5H3,(H,27,31)/b9-7+/t18-,19-,20+,22+,23+,26+/m1/s1. The van der Waals surface area contributed by atoms with Gasteiger partial charge in [0.1, 0.15) is 17.0 Å². The molecule has 1 N–H and O–H groups in total. The summed E-state index contributed by atoms with van der Waals surface area (Å²) in [6, 6.07) is -0.0928. The molecule has 5 nitrogen and oxygen atoms in total. The van der Waals surface area contributed by atoms with Crippen LogP contribution < -0.4 is 5.32 Å². The van der Waals surface area contributed by atoms with E-state index in [2.05, 4.69) is 39.1 Å². The molecule has 0 saturated carbocycles. The van der Waals surface area contributed by atoms with Gasteiger partial charge in [-0.1, -0.05) is 44.6 Å². The molecule has 6 atom stereocenters. The minimum atomic E-state index is -1.25. The third kappa shape index (κ3) is 4.33. The van der Waals surface area contributed by atoms with Gasteiger partial charge < -0.3 is 10.1 Å². The van der Waals surface area contributed by atoms with Crippen LogP contribution in [0.1, 0.15) is 73.1 Å². The fraction of sp³-hybridized carbons (Fsp3) is 0.692. The topological polar surface area (TPSA) is 80.3 Å². The SMILES string of the molecule is CC(=O)C[C@@H]1CC(=O)CCC/C=C/[C@H]2C=C(C)[C@@H](C)[C@H]3[C@H](CC(C)C)NC(=O)[C@]32C1=O. The molecule has 0 aromatic carbocycles. The van der Waals surface area contributed by atoms with Crippen LogP contribution in [0.3, 0.4) is 0 Å². The summed E-state index contributed by atoms with van der Waals surface area (Å²) in [4.78, 5) is 52.6. The highest BCUT2D eigenvalue weighted by Crippen LogP contribution is 2.56. The molecule has 3 aliphatic rings. The van der Waals surface area contributed by atoms with Crippen molar-refractivity contribution in [3.8, 4) is 0 Å². The third-order valence-electron chi connectivity index (χ3n) is 7.56. The van der Waals surface area contributed by atoms with Crippen molar-refractivity contribution in [3.05, 3.63) is 23.8 Å². The predicted octanol–water partition coefficient (Wildman–Crippen LogP) is 4.21. The number of rotatable bonds is 4. The molecule has 1 spiro atoms. The van der Waals surface area contributed by atoms with Crippen molar-refractivity contribution in [1.82, 2.24) is 5.32 Å². The van der Waals surface area contributed by atoms with Crippen molar-refractivity contribution in [2.24, 2.45) is 35.0 Å². The third-order valence-corrected chi connectivity index (χ3v) is 7.56. The Bertz CT molecular complexity index is 823. The normalized spacial score (nSPS) is 37.4. The average molecular weight is 428 g/mol. The van der Waals surface area contributed by atoms with Crippen LogP contribution in [0.25, 0.3) is 0 Å². The van der Waals surface area contributed by atoms with E-state index >= 15 is 0 Å². The van der Waals surface area contributed by atoms with E-state index in [-0.39, 0.29) is 59.9 Å². The molecule has 31 heavy (non-hydrogen) atoms. The van der Waals surface area contributed by atoms with Crippen LogP contribution in [-0.4, -0.2) is 29.3 Å². The van der Waals surface area contributed by atoms with Gasteiger partial charge in [0.15, 0.2) is 5.78 Å². The maximum Gasteiger partial charge on any atom is 0.235 e. The van der Waals surface area contributed by atoms with Gasteiger partial charge in [-0.05, 0) is 44.9 Å². The number of ketones is 3. The summed E-state index contributed by atoms with van der Waals surface area (Å²) < 4.78 is 0. The second kappa shape index (κ2) is 9.22. The van der Waals surface area contributed by atoms with E-state index in [1.807, 2.05) is 12.2 Å². The Morgan fingerprint density at radius 1 is 1.26 bits per heavy atom. The summed E-state index contributed by atoms with van der Waals surface area (Å²) in [5, 5.41) is 3.19. The van der Waals surface area contributed by atoms with Crippen LogP contribution in [-0.2, 0) is 19.2 Å². The molecule has 2 aliphatic carbocycles. The van der Waals surface area contributed by atoms with Crippen LogP contribution in [0.5, 0.6) is 0 Å². The summed E-state index contributed by atoms with van der Waals surface area (Å²) in [7, 11) is 0. The molecule has 0 bridgehead atoms. The molecular weight excluding hydrogens is 390 g/mol. The molecule has 3 rings (SSSR count). The van der Waals surface area contributed by atoms with Gasteiger partial charge in [0, 0.05) is 43.1 Å². The van der Waals surface area contributed by atoms with E-state index in [1.165, 1.54) is 12.5 Å². The largest absolute Gasteiger partial charge is 0.352 e. The number of carbonyl (C=O) groups excluding carboxylic acids is 4. The van der Waals surface area contributed by atoms with Crippen molar-refractivity contribution >= 4 is 23.3 Å². The predicted molar refractivity (Wildman–Crippen MR) is 120 cm³/mol. The van der Waals surface area contributed by atoms with Crippen molar-refractivity contribution < 1.29 is 19.2 Å². The zero-order valence-corrected chi connectivity index (χ0v) is 19.6. The van der Waals surface area contributed by atoms with Crippen LogP contribution in [0.15, 0.2) is 23.8 Å². The van der Waals surface area contributed by atoms with Gasteiger partial charge in [-0.25, -0.2) is 0 Å². The molecule has 170 valence electrons. The maximum absolute atomic E-state index is 14.3. The van der Waals surface area contributed by atoms with Gasteiger partial charge >= 0.3 is 0 Å². The summed E-state index contributed by atoms with van der Waals surface area (Å²) in [6.07, 6.45) is 8.87. The zero-order valence-electron chi connectivity index (χ0n) is 19.6. The van der Waals surface area contributed by atoms with Gasteiger partial charge in [-0.3, -0.25) is 14.4 Å². The zero-order chi connectivity index (χ0) is 22.9. The number of hydrogen-bond donors (Lipinski definition) is 1. The Kier molecular flexibility index (Phi) is 7.02. The summed E-state index contributed by atoms with van der Waals surface area (Å²) in [5.74, 6) is -1.36. The average Bonchev–Trinajstić information content (AvgIpc) is 2.94. The molecule has 5 heteroatoms. The van der Waals surface area contributed by atoms with E-state index in [0.29, 0.717) is 12.3 Å². The molecule has 0 unspecified atom stereocenters. The lowest BCUT2D eigenvalue weighted by Crippen LogP contribution is -2.54. The molecule has 1 amide bonds. The minimum Gasteiger partial charge on any atom is -0.352 e. The Balaban J connectivity index is 2.20. The van der Waals surface area contributed by atoms with E-state index in [1.54, 1.807) is 0 Å². The van der Waals surface area contributed by atoms with E-state index in [0.717, 1.165) is 19.3 Å². The fourth-order valence-corrected chi connectivity index (χ4v) is 6.15. The molecule has 1 saturated heterocycles. The van der Waals surface area contributed by atoms with Crippen LogP contribution in [0, 0.1) is 35.0 Å². The first-order valence-corrected chi connectivity index (χ1v) is 11.8. The molecule has 1 heterocycles. The summed E-state index contributed by atoms with van der Waals surface area (Å²) >= 11 is 0. The van der Waals surface area contributed by atoms with Crippen molar-refractivity contribution in [2.75, 3.05) is 0 Å². The van der Waals surface area contributed by atoms with Gasteiger partial charge in [-0.2, -0.15) is 0 Å². The van der Waals surface area contributed by atoms with Gasteiger partial charge in [0.2, 0.25) is 5.91 Å². The lowest BCUT2D eigenvalue weighted by Gasteiger charge is -2.46. The number of nitrogens with one attached hydrogen (secondary N) is 1. The second-order valence-corrected chi connectivity index (χ2v) is 10.4. The Labute approximate surface area is 186 Å². The number of amides is 1. The minimum absolute atomic E-state index is 0.00659. The number of Topliss-reactive ketones (excluding diaryl/α,β-unsaturated/α-hetero) is 3. The fourth-order valence-electron chi connectivity index (χ4n) is 6.15. The number of carbonyl (C=O) groups is 4. The summed E-state index contributed by atoms with van der Waals surface area (Å²) in [6.45, 7) is 9.90. The molecule has 1 aliphatic heterocycles. The molecule has 0 aromatic heterocycles. The quantitative estimate of drug-likeness (QED) is 0.538. The van der Waals surface area contributed by atoms with Crippen molar-refractivity contribution in [2.45, 2.75) is 79.2 Å². The number of hydrogen-bond acceptors (Lipinski definition) is 4. The van der Waals surface area contributed by atoms with E-state index < -0.39 is 11.3 Å². The first kappa shape index (κ1) is 23.6. The smallest absolute Gasteiger partial charge is 0.235 e. The first-order valence-electron chi connectivity index (χ1n) is 11.8. The Morgan fingerprint density at radius 3 is 2.61 bits per heavy atom. The summed E-state index contributed by atoms with van der Waals surface area (Å²) in [5.41, 5.74) is -0.0536. The van der Waals surface area contributed by atoms with Gasteiger partial charge in [0.25, 0.3) is 0 Å². The highest BCUT2D eigenvalue weighted by Gasteiger charge is 2.66. The lowest BCUT2D eigenvalue weighted by atomic mass is 9.53. The van der Waals surface area contributed by atoms with Crippen LogP contribution in [0.2, 0.25) is 0 Å². The van der Waals surface area contributed by atoms with Gasteiger partial charge in [0.05, 0.1) is 0 Å². The number of allylic oxidation sites excluding steroid dienone is 4. The molecule has 1 fully saturated rings. The Morgan fingerprint density at radius 2 is 1.97 bits per heavy atom. The van der Waals surface area contributed by atoms with E-state index in [9.17, 15) is 19.2 Å². The van der Waals surface area contributed by atoms with Crippen LogP contribution in [0.4, 0.5) is 0 Å². The maximum atomic E-state index is 14.3. The molecule has 0 aromatic rings. The Hall–Kier alpha value is -2.04.